The number of rotatable bonds is 5. The molecular weight excluding hydrogens is 458 g/mol. The van der Waals surface area contributed by atoms with Crippen LogP contribution in [0.4, 0.5) is 5.69 Å². The van der Waals surface area contributed by atoms with Crippen LogP contribution >= 0.6 is 11.6 Å². The fourth-order valence-corrected chi connectivity index (χ4v) is 6.16. The SMILES string of the molecule is O=C(OCc1cccc2ccccc12)c1ccc(Cl)c(S(=O)(=O)N2CCc3ccccc32)c1. The largest absolute Gasteiger partial charge is 0.457 e. The molecule has 0 atom stereocenters. The number of fused-ring (bicyclic) bond motifs is 2. The number of carbonyl (C=O) groups excluding carboxylic acids is 1. The molecule has 5 rings (SSSR count). The minimum atomic E-state index is -3.94. The van der Waals surface area contributed by atoms with Gasteiger partial charge in [0.15, 0.2) is 0 Å². The minimum Gasteiger partial charge on any atom is -0.457 e. The molecule has 0 spiro atoms. The summed E-state index contributed by atoms with van der Waals surface area (Å²) in [6.07, 6.45) is 0.625. The summed E-state index contributed by atoms with van der Waals surface area (Å²) in [5.74, 6) is -0.613. The highest BCUT2D eigenvalue weighted by atomic mass is 35.5. The first-order valence-corrected chi connectivity index (χ1v) is 12.3. The van der Waals surface area contributed by atoms with Crippen LogP contribution in [-0.2, 0) is 27.8 Å². The molecule has 33 heavy (non-hydrogen) atoms. The van der Waals surface area contributed by atoms with Crippen LogP contribution in [0, 0.1) is 0 Å². The summed E-state index contributed by atoms with van der Waals surface area (Å²) in [6.45, 7) is 0.401. The van der Waals surface area contributed by atoms with Crippen LogP contribution in [0.25, 0.3) is 10.8 Å². The van der Waals surface area contributed by atoms with E-state index in [0.29, 0.717) is 18.7 Å². The average molecular weight is 478 g/mol. The van der Waals surface area contributed by atoms with Crippen molar-refractivity contribution >= 4 is 44.1 Å². The molecule has 4 aromatic carbocycles. The topological polar surface area (TPSA) is 63.7 Å². The molecule has 0 unspecified atom stereocenters. The van der Waals surface area contributed by atoms with Gasteiger partial charge in [-0.15, -0.1) is 0 Å². The van der Waals surface area contributed by atoms with Gasteiger partial charge in [0, 0.05) is 6.54 Å². The summed E-state index contributed by atoms with van der Waals surface area (Å²) in [7, 11) is -3.94. The number of anilines is 1. The third-order valence-corrected chi connectivity index (χ3v) is 8.11. The van der Waals surface area contributed by atoms with E-state index in [9.17, 15) is 13.2 Å². The number of halogens is 1. The van der Waals surface area contributed by atoms with Crippen molar-refractivity contribution in [2.45, 2.75) is 17.9 Å². The smallest absolute Gasteiger partial charge is 0.338 e. The second-order valence-electron chi connectivity index (χ2n) is 7.82. The Morgan fingerprint density at radius 3 is 2.58 bits per heavy atom. The van der Waals surface area contributed by atoms with E-state index in [1.165, 1.54) is 22.5 Å². The van der Waals surface area contributed by atoms with Crippen LogP contribution < -0.4 is 4.31 Å². The van der Waals surface area contributed by atoms with E-state index >= 15 is 0 Å². The van der Waals surface area contributed by atoms with E-state index in [0.717, 1.165) is 21.9 Å². The molecule has 1 heterocycles. The predicted octanol–water partition coefficient (Wildman–Crippen LogP) is 5.60. The second kappa shape index (κ2) is 8.54. The Morgan fingerprint density at radius 1 is 0.939 bits per heavy atom. The van der Waals surface area contributed by atoms with E-state index in [2.05, 4.69) is 0 Å². The van der Waals surface area contributed by atoms with Gasteiger partial charge in [-0.2, -0.15) is 0 Å². The van der Waals surface area contributed by atoms with Crippen LogP contribution in [0.2, 0.25) is 5.02 Å². The zero-order valence-corrected chi connectivity index (χ0v) is 19.1. The van der Waals surface area contributed by atoms with Crippen molar-refractivity contribution < 1.29 is 17.9 Å². The quantitative estimate of drug-likeness (QED) is 0.351. The van der Waals surface area contributed by atoms with Crippen molar-refractivity contribution in [2.75, 3.05) is 10.8 Å². The third-order valence-electron chi connectivity index (χ3n) is 5.82. The number of sulfonamides is 1. The zero-order valence-electron chi connectivity index (χ0n) is 17.6. The molecule has 0 N–H and O–H groups in total. The van der Waals surface area contributed by atoms with Crippen LogP contribution in [0.1, 0.15) is 21.5 Å². The predicted molar refractivity (Wildman–Crippen MR) is 129 cm³/mol. The number of esters is 1. The Morgan fingerprint density at radius 2 is 1.70 bits per heavy atom. The third kappa shape index (κ3) is 3.96. The molecule has 1 aliphatic heterocycles. The summed E-state index contributed by atoms with van der Waals surface area (Å²) >= 11 is 6.27. The average Bonchev–Trinajstić information content (AvgIpc) is 3.28. The van der Waals surface area contributed by atoms with Crippen molar-refractivity contribution in [2.24, 2.45) is 0 Å². The lowest BCUT2D eigenvalue weighted by atomic mass is 10.1. The molecule has 0 aromatic heterocycles. The Balaban J connectivity index is 1.41. The van der Waals surface area contributed by atoms with Gasteiger partial charge in [0.25, 0.3) is 10.0 Å². The summed E-state index contributed by atoms with van der Waals surface area (Å²) in [4.78, 5) is 12.7. The highest BCUT2D eigenvalue weighted by Crippen LogP contribution is 2.35. The lowest BCUT2D eigenvalue weighted by Crippen LogP contribution is -2.29. The Kier molecular flexibility index (Phi) is 5.56. The molecular formula is C26H20ClNO4S. The Bertz CT molecular complexity index is 1480. The first-order chi connectivity index (χ1) is 15.9. The standard InChI is InChI=1S/C26H20ClNO4S/c27-23-13-12-20(26(29)32-17-21-9-5-8-18-6-1-3-10-22(18)21)16-25(23)33(30,31)28-15-14-19-7-2-4-11-24(19)28/h1-13,16H,14-15,17H2. The maximum atomic E-state index is 13.4. The molecule has 4 aromatic rings. The molecule has 166 valence electrons. The second-order valence-corrected chi connectivity index (χ2v) is 10.1. The van der Waals surface area contributed by atoms with E-state index in [-0.39, 0.29) is 22.1 Å². The number of carbonyl (C=O) groups is 1. The molecule has 1 aliphatic rings. The Labute approximate surface area is 197 Å². The van der Waals surface area contributed by atoms with Crippen LogP contribution in [-0.4, -0.2) is 20.9 Å². The van der Waals surface area contributed by atoms with Crippen molar-refractivity contribution in [1.82, 2.24) is 0 Å². The number of benzene rings is 4. The van der Waals surface area contributed by atoms with Crippen molar-refractivity contribution in [3.63, 3.8) is 0 Å². The molecule has 0 aliphatic carbocycles. The summed E-state index contributed by atoms with van der Waals surface area (Å²) in [5, 5.41) is 2.11. The summed E-state index contributed by atoms with van der Waals surface area (Å²) in [6, 6.07) is 25.2. The Hall–Kier alpha value is -3.35. The van der Waals surface area contributed by atoms with Gasteiger partial charge in [-0.1, -0.05) is 72.3 Å². The zero-order chi connectivity index (χ0) is 23.0. The summed E-state index contributed by atoms with van der Waals surface area (Å²) < 4.78 is 33.7. The van der Waals surface area contributed by atoms with Crippen LogP contribution in [0.15, 0.2) is 89.8 Å². The molecule has 5 nitrogen and oxygen atoms in total. The first kappa shape index (κ1) is 21.5. The molecule has 7 heteroatoms. The first-order valence-electron chi connectivity index (χ1n) is 10.5. The van der Waals surface area contributed by atoms with Gasteiger partial charge in [0.05, 0.1) is 16.3 Å². The fraction of sp³-hybridized carbons (Fsp3) is 0.115. The molecule has 0 amide bonds. The lowest BCUT2D eigenvalue weighted by Gasteiger charge is -2.20. The van der Waals surface area contributed by atoms with E-state index < -0.39 is 16.0 Å². The maximum Gasteiger partial charge on any atom is 0.338 e. The van der Waals surface area contributed by atoms with E-state index in [1.807, 2.05) is 54.6 Å². The molecule has 0 fully saturated rings. The van der Waals surface area contributed by atoms with Crippen molar-refractivity contribution in [3.05, 3.63) is 107 Å². The van der Waals surface area contributed by atoms with Gasteiger partial charge < -0.3 is 4.74 Å². The summed E-state index contributed by atoms with van der Waals surface area (Å²) in [5.41, 5.74) is 2.60. The van der Waals surface area contributed by atoms with Gasteiger partial charge >= 0.3 is 5.97 Å². The lowest BCUT2D eigenvalue weighted by molar-refractivity contribution is 0.0474. The molecule has 0 saturated carbocycles. The molecule has 0 bridgehead atoms. The fourth-order valence-electron chi connectivity index (χ4n) is 4.15. The van der Waals surface area contributed by atoms with E-state index in [4.69, 9.17) is 16.3 Å². The van der Waals surface area contributed by atoms with Gasteiger partial charge in [-0.05, 0) is 52.6 Å². The number of para-hydroxylation sites is 1. The highest BCUT2D eigenvalue weighted by molar-refractivity contribution is 7.93. The van der Waals surface area contributed by atoms with Crippen LogP contribution in [0.5, 0.6) is 0 Å². The number of hydrogen-bond donors (Lipinski definition) is 0. The number of ether oxygens (including phenoxy) is 1. The number of hydrogen-bond acceptors (Lipinski definition) is 4. The molecule has 0 saturated heterocycles. The normalized spacial score (nSPS) is 13.2. The van der Waals surface area contributed by atoms with Gasteiger partial charge in [0.2, 0.25) is 0 Å². The van der Waals surface area contributed by atoms with Gasteiger partial charge in [-0.25, -0.2) is 13.2 Å². The van der Waals surface area contributed by atoms with E-state index in [1.54, 1.807) is 12.1 Å². The van der Waals surface area contributed by atoms with Crippen molar-refractivity contribution in [1.29, 1.82) is 0 Å². The monoisotopic (exact) mass is 477 g/mol. The van der Waals surface area contributed by atoms with Gasteiger partial charge in [-0.3, -0.25) is 4.31 Å². The molecule has 0 radical (unpaired) electrons. The van der Waals surface area contributed by atoms with Gasteiger partial charge in [0.1, 0.15) is 11.5 Å². The maximum absolute atomic E-state index is 13.4. The highest BCUT2D eigenvalue weighted by Gasteiger charge is 2.32. The van der Waals surface area contributed by atoms with Crippen LogP contribution in [0.3, 0.4) is 0 Å². The minimum absolute atomic E-state index is 0.0602. The van der Waals surface area contributed by atoms with Crippen molar-refractivity contribution in [3.8, 4) is 0 Å². The number of nitrogens with zero attached hydrogens (tertiary/aromatic N) is 1.